The number of aromatic nitrogens is 4. The zero-order valence-corrected chi connectivity index (χ0v) is 18.3. The maximum atomic E-state index is 4.97. The Balaban J connectivity index is 1.53. The lowest BCUT2D eigenvalue weighted by molar-refractivity contribution is 1.18. The van der Waals surface area contributed by atoms with Gasteiger partial charge in [0.15, 0.2) is 11.6 Å². The van der Waals surface area contributed by atoms with E-state index in [2.05, 4.69) is 52.4 Å². The van der Waals surface area contributed by atoms with E-state index in [1.807, 2.05) is 66.7 Å². The second-order valence-corrected chi connectivity index (χ2v) is 8.01. The van der Waals surface area contributed by atoms with Crippen LogP contribution in [0, 0.1) is 0 Å². The van der Waals surface area contributed by atoms with Crippen LogP contribution in [0.4, 0.5) is 0 Å². The molecule has 6 rings (SSSR count). The maximum Gasteiger partial charge on any atom is 0.160 e. The van der Waals surface area contributed by atoms with Gasteiger partial charge in [-0.2, -0.15) is 0 Å². The number of rotatable bonds is 4. The van der Waals surface area contributed by atoms with Gasteiger partial charge in [0.2, 0.25) is 0 Å². The molecule has 0 bridgehead atoms. The van der Waals surface area contributed by atoms with Crippen LogP contribution in [0.5, 0.6) is 0 Å². The number of nitrogens with zero attached hydrogens (tertiary/aromatic N) is 4. The van der Waals surface area contributed by atoms with Gasteiger partial charge in [-0.3, -0.25) is 0 Å². The first-order chi connectivity index (χ1) is 16.8. The summed E-state index contributed by atoms with van der Waals surface area (Å²) >= 11 is 0. The Labute approximate surface area is 197 Å². The molecule has 4 aromatic carbocycles. The van der Waals surface area contributed by atoms with E-state index in [1.54, 1.807) is 12.4 Å². The van der Waals surface area contributed by atoms with E-state index in [1.165, 1.54) is 0 Å². The Hall–Kier alpha value is -4.70. The van der Waals surface area contributed by atoms with Crippen molar-refractivity contribution in [2.24, 2.45) is 0 Å². The largest absolute Gasteiger partial charge is 0.237 e. The monoisotopic (exact) mass is 436 g/mol. The van der Waals surface area contributed by atoms with Crippen molar-refractivity contribution in [3.8, 4) is 45.2 Å². The smallest absolute Gasteiger partial charge is 0.160 e. The van der Waals surface area contributed by atoms with Crippen LogP contribution in [0.3, 0.4) is 0 Å². The van der Waals surface area contributed by atoms with Crippen LogP contribution in [0.2, 0.25) is 0 Å². The van der Waals surface area contributed by atoms with E-state index in [0.717, 1.165) is 50.2 Å². The topological polar surface area (TPSA) is 51.6 Å². The molecule has 4 nitrogen and oxygen atoms in total. The van der Waals surface area contributed by atoms with Crippen LogP contribution in [0.25, 0.3) is 56.1 Å². The van der Waals surface area contributed by atoms with Crippen molar-refractivity contribution in [3.05, 3.63) is 122 Å². The summed E-state index contributed by atoms with van der Waals surface area (Å²) in [6, 6.07) is 36.9. The molecular formula is C30H20N4. The normalized spacial score (nSPS) is 10.9. The highest BCUT2D eigenvalue weighted by Gasteiger charge is 2.13. The number of hydrogen-bond donors (Lipinski definition) is 0. The minimum Gasteiger partial charge on any atom is -0.237 e. The molecule has 0 N–H and O–H groups in total. The Morgan fingerprint density at radius 3 is 1.82 bits per heavy atom. The van der Waals surface area contributed by atoms with Crippen LogP contribution >= 0.6 is 0 Å². The molecule has 0 amide bonds. The molecule has 34 heavy (non-hydrogen) atoms. The summed E-state index contributed by atoms with van der Waals surface area (Å²) in [4.78, 5) is 18.7. The van der Waals surface area contributed by atoms with Gasteiger partial charge >= 0.3 is 0 Å². The van der Waals surface area contributed by atoms with Crippen LogP contribution in [-0.4, -0.2) is 19.9 Å². The molecule has 2 heterocycles. The van der Waals surface area contributed by atoms with Crippen molar-refractivity contribution in [2.45, 2.75) is 0 Å². The minimum absolute atomic E-state index is 0.713. The summed E-state index contributed by atoms with van der Waals surface area (Å²) in [7, 11) is 0. The molecule has 0 aliphatic heterocycles. The molecule has 2 aromatic heterocycles. The lowest BCUT2D eigenvalue weighted by Crippen LogP contribution is -1.95. The van der Waals surface area contributed by atoms with Gasteiger partial charge in [-0.15, -0.1) is 0 Å². The maximum absolute atomic E-state index is 4.97. The van der Waals surface area contributed by atoms with Crippen molar-refractivity contribution in [1.82, 2.24) is 19.9 Å². The fraction of sp³-hybridized carbons (Fsp3) is 0. The van der Waals surface area contributed by atoms with Crippen LogP contribution in [0.1, 0.15) is 0 Å². The van der Waals surface area contributed by atoms with Crippen molar-refractivity contribution >= 4 is 10.9 Å². The Morgan fingerprint density at radius 2 is 1.06 bits per heavy atom. The average Bonchev–Trinajstić information content (AvgIpc) is 2.93. The Bertz CT molecular complexity index is 1580. The summed E-state index contributed by atoms with van der Waals surface area (Å²) < 4.78 is 0. The van der Waals surface area contributed by atoms with Crippen LogP contribution in [-0.2, 0) is 0 Å². The van der Waals surface area contributed by atoms with Crippen molar-refractivity contribution in [2.75, 3.05) is 0 Å². The highest BCUT2D eigenvalue weighted by atomic mass is 14.9. The zero-order chi connectivity index (χ0) is 22.7. The second kappa shape index (κ2) is 8.68. The van der Waals surface area contributed by atoms with E-state index in [9.17, 15) is 0 Å². The van der Waals surface area contributed by atoms with E-state index in [-0.39, 0.29) is 0 Å². The predicted molar refractivity (Wildman–Crippen MR) is 137 cm³/mol. The van der Waals surface area contributed by atoms with Gasteiger partial charge in [0.25, 0.3) is 0 Å². The molecule has 0 atom stereocenters. The third-order valence-electron chi connectivity index (χ3n) is 5.80. The van der Waals surface area contributed by atoms with Gasteiger partial charge in [-0.1, -0.05) is 84.9 Å². The van der Waals surface area contributed by atoms with Crippen molar-refractivity contribution < 1.29 is 0 Å². The Kier molecular flexibility index (Phi) is 5.09. The molecule has 0 aliphatic carbocycles. The van der Waals surface area contributed by atoms with E-state index in [4.69, 9.17) is 9.97 Å². The van der Waals surface area contributed by atoms with Gasteiger partial charge in [-0.05, 0) is 35.4 Å². The summed E-state index contributed by atoms with van der Waals surface area (Å²) in [5, 5.41) is 1.03. The summed E-state index contributed by atoms with van der Waals surface area (Å²) in [5.74, 6) is 1.43. The van der Waals surface area contributed by atoms with Gasteiger partial charge in [0.1, 0.15) is 0 Å². The first-order valence-corrected chi connectivity index (χ1v) is 11.2. The predicted octanol–water partition coefficient (Wildman–Crippen LogP) is 7.09. The molecule has 0 radical (unpaired) electrons. The van der Waals surface area contributed by atoms with Gasteiger partial charge in [0.05, 0.1) is 11.2 Å². The highest BCUT2D eigenvalue weighted by Crippen LogP contribution is 2.32. The third-order valence-corrected chi connectivity index (χ3v) is 5.80. The summed E-state index contributed by atoms with van der Waals surface area (Å²) in [5.41, 5.74) is 7.07. The van der Waals surface area contributed by atoms with E-state index < -0.39 is 0 Å². The molecule has 0 aliphatic rings. The van der Waals surface area contributed by atoms with E-state index >= 15 is 0 Å². The first kappa shape index (κ1) is 19.9. The Morgan fingerprint density at radius 1 is 0.412 bits per heavy atom. The summed E-state index contributed by atoms with van der Waals surface area (Å²) in [6.07, 6.45) is 3.52. The van der Waals surface area contributed by atoms with E-state index in [0.29, 0.717) is 5.82 Å². The lowest BCUT2D eigenvalue weighted by atomic mass is 9.99. The molecule has 6 aromatic rings. The average molecular weight is 437 g/mol. The number of hydrogen-bond acceptors (Lipinski definition) is 4. The van der Waals surface area contributed by atoms with Gasteiger partial charge < -0.3 is 0 Å². The van der Waals surface area contributed by atoms with Crippen molar-refractivity contribution in [3.63, 3.8) is 0 Å². The molecular weight excluding hydrogens is 416 g/mol. The molecule has 0 saturated carbocycles. The standard InChI is InChI=1S/C30H20N4/c1-3-9-21(10-4-1)28-26-16-15-24(20-27(26)33-30(34-28)22-11-5-2-6-12-22)23-13-7-14-25(19-23)29-31-17-8-18-32-29/h1-20H. The lowest BCUT2D eigenvalue weighted by Gasteiger charge is -2.11. The number of benzene rings is 4. The highest BCUT2D eigenvalue weighted by molar-refractivity contribution is 5.96. The minimum atomic E-state index is 0.713. The molecule has 0 spiro atoms. The summed E-state index contributed by atoms with van der Waals surface area (Å²) in [6.45, 7) is 0. The van der Waals surface area contributed by atoms with Crippen LogP contribution < -0.4 is 0 Å². The first-order valence-electron chi connectivity index (χ1n) is 11.2. The molecule has 4 heteroatoms. The fourth-order valence-corrected chi connectivity index (χ4v) is 4.13. The molecule has 160 valence electrons. The fourth-order valence-electron chi connectivity index (χ4n) is 4.13. The van der Waals surface area contributed by atoms with Gasteiger partial charge in [-0.25, -0.2) is 19.9 Å². The van der Waals surface area contributed by atoms with Crippen molar-refractivity contribution in [1.29, 1.82) is 0 Å². The van der Waals surface area contributed by atoms with Crippen LogP contribution in [0.15, 0.2) is 122 Å². The molecule has 0 unspecified atom stereocenters. The molecule has 0 fully saturated rings. The zero-order valence-electron chi connectivity index (χ0n) is 18.3. The number of fused-ring (bicyclic) bond motifs is 1. The SMILES string of the molecule is c1ccc(-c2nc(-c3ccccc3)c3ccc(-c4cccc(-c5ncccn5)c4)cc3n2)cc1. The molecule has 0 saturated heterocycles. The third kappa shape index (κ3) is 3.82. The quantitative estimate of drug-likeness (QED) is 0.296. The second-order valence-electron chi connectivity index (χ2n) is 8.01. The van der Waals surface area contributed by atoms with Gasteiger partial charge in [0, 0.05) is 34.5 Å².